The molecule has 0 unspecified atom stereocenters. The van der Waals surface area contributed by atoms with Gasteiger partial charge in [-0.15, -0.1) is 0 Å². The molecule has 0 fully saturated rings. The third kappa shape index (κ3) is 7.21. The molecule has 0 heterocycles. The average molecular weight is 127 g/mol. The number of hydrogen-bond donors (Lipinski definition) is 1. The fourth-order valence-electron chi connectivity index (χ4n) is 0.521. The summed E-state index contributed by atoms with van der Waals surface area (Å²) in [5.41, 5.74) is 4.85. The molecule has 0 saturated heterocycles. The minimum absolute atomic E-state index is 0.355. The zero-order valence-electron chi connectivity index (χ0n) is 5.76. The molecule has 52 valence electrons. The first-order chi connectivity index (χ1) is 4.27. The lowest BCUT2D eigenvalue weighted by atomic mass is 10.2. The first-order valence-corrected chi connectivity index (χ1v) is 3.23. The molecule has 0 radical (unpaired) electrons. The van der Waals surface area contributed by atoms with Crippen LogP contribution in [0, 0.1) is 0 Å². The van der Waals surface area contributed by atoms with Gasteiger partial charge in [0.25, 0.3) is 0 Å². The summed E-state index contributed by atoms with van der Waals surface area (Å²) in [4.78, 5) is 10.1. The van der Waals surface area contributed by atoms with Crippen LogP contribution in [0.5, 0.6) is 0 Å². The van der Waals surface area contributed by atoms with Gasteiger partial charge in [0.05, 0.1) is 0 Å². The Balaban J connectivity index is 3.15. The normalized spacial score (nSPS) is 10.3. The van der Waals surface area contributed by atoms with Crippen LogP contribution in [0.2, 0.25) is 0 Å². The second kappa shape index (κ2) is 5.35. The molecule has 0 bridgehead atoms. The molecule has 0 aliphatic carbocycles. The predicted molar refractivity (Wildman–Crippen MR) is 37.9 cm³/mol. The van der Waals surface area contributed by atoms with Crippen molar-refractivity contribution in [2.75, 3.05) is 0 Å². The van der Waals surface area contributed by atoms with Gasteiger partial charge in [0.15, 0.2) is 0 Å². The quantitative estimate of drug-likeness (QED) is 0.447. The summed E-state index contributed by atoms with van der Waals surface area (Å²) in [6, 6.07) is 0. The molecule has 0 aromatic rings. The Bertz CT molecular complexity index is 107. The van der Waals surface area contributed by atoms with Gasteiger partial charge in [0, 0.05) is 0 Å². The van der Waals surface area contributed by atoms with E-state index in [0.29, 0.717) is 0 Å². The maximum atomic E-state index is 10.1. The van der Waals surface area contributed by atoms with Crippen molar-refractivity contribution in [3.63, 3.8) is 0 Å². The molecule has 0 rings (SSSR count). The molecular weight excluding hydrogens is 114 g/mol. The average Bonchev–Trinajstić information content (AvgIpc) is 1.80. The molecule has 0 spiro atoms. The monoisotopic (exact) mass is 127 g/mol. The molecule has 0 aromatic heterocycles. The third-order valence-electron chi connectivity index (χ3n) is 1.01. The summed E-state index contributed by atoms with van der Waals surface area (Å²) in [5, 5.41) is 0. The Morgan fingerprint density at radius 2 is 2.33 bits per heavy atom. The largest absolute Gasteiger partial charge is 0.366 e. The molecule has 0 aliphatic rings. The van der Waals surface area contributed by atoms with Gasteiger partial charge in [-0.1, -0.05) is 25.8 Å². The fraction of sp³-hybridized carbons (Fsp3) is 0.571. The summed E-state index contributed by atoms with van der Waals surface area (Å²) in [6.45, 7) is 2.11. The van der Waals surface area contributed by atoms with Crippen LogP contribution in [-0.2, 0) is 4.79 Å². The highest BCUT2D eigenvalue weighted by Crippen LogP contribution is 1.93. The molecular formula is C7H13NO. The van der Waals surface area contributed by atoms with Crippen molar-refractivity contribution in [2.24, 2.45) is 5.73 Å². The van der Waals surface area contributed by atoms with Crippen molar-refractivity contribution in [3.05, 3.63) is 12.2 Å². The van der Waals surface area contributed by atoms with Crippen molar-refractivity contribution in [1.82, 2.24) is 0 Å². The number of carbonyl (C=O) groups is 1. The molecule has 0 atom stereocenters. The Morgan fingerprint density at radius 3 is 2.78 bits per heavy atom. The molecule has 0 aromatic carbocycles. The highest BCUT2D eigenvalue weighted by atomic mass is 16.1. The van der Waals surface area contributed by atoms with E-state index in [1.165, 1.54) is 6.08 Å². The number of rotatable bonds is 4. The van der Waals surface area contributed by atoms with Crippen molar-refractivity contribution in [1.29, 1.82) is 0 Å². The van der Waals surface area contributed by atoms with Crippen LogP contribution in [0.4, 0.5) is 0 Å². The van der Waals surface area contributed by atoms with Crippen molar-refractivity contribution in [2.45, 2.75) is 26.2 Å². The van der Waals surface area contributed by atoms with E-state index in [-0.39, 0.29) is 5.91 Å². The van der Waals surface area contributed by atoms with Gasteiger partial charge in [-0.25, -0.2) is 0 Å². The number of hydrogen-bond acceptors (Lipinski definition) is 1. The number of amides is 1. The number of unbranched alkanes of at least 4 members (excludes halogenated alkanes) is 2. The molecule has 0 saturated carbocycles. The molecule has 0 aliphatic heterocycles. The predicted octanol–water partition coefficient (Wildman–Crippen LogP) is 1.22. The first-order valence-electron chi connectivity index (χ1n) is 3.23. The van der Waals surface area contributed by atoms with E-state index in [0.717, 1.165) is 19.3 Å². The van der Waals surface area contributed by atoms with Gasteiger partial charge < -0.3 is 5.73 Å². The summed E-state index contributed by atoms with van der Waals surface area (Å²) in [6.07, 6.45) is 6.47. The number of carbonyl (C=O) groups excluding carboxylic acids is 1. The minimum atomic E-state index is -0.355. The van der Waals surface area contributed by atoms with E-state index in [9.17, 15) is 4.79 Å². The highest BCUT2D eigenvalue weighted by Gasteiger charge is 1.80. The summed E-state index contributed by atoms with van der Waals surface area (Å²) in [7, 11) is 0. The van der Waals surface area contributed by atoms with Gasteiger partial charge in [0.2, 0.25) is 5.91 Å². The van der Waals surface area contributed by atoms with Crippen LogP contribution in [0.25, 0.3) is 0 Å². The maximum Gasteiger partial charge on any atom is 0.241 e. The van der Waals surface area contributed by atoms with Gasteiger partial charge in [-0.2, -0.15) is 0 Å². The maximum absolute atomic E-state index is 10.1. The van der Waals surface area contributed by atoms with E-state index in [2.05, 4.69) is 6.92 Å². The van der Waals surface area contributed by atoms with Gasteiger partial charge in [-0.05, 0) is 12.5 Å². The number of allylic oxidation sites excluding steroid dienone is 1. The summed E-state index contributed by atoms with van der Waals surface area (Å²) < 4.78 is 0. The zero-order chi connectivity index (χ0) is 7.11. The van der Waals surface area contributed by atoms with Gasteiger partial charge >= 0.3 is 0 Å². The Morgan fingerprint density at radius 1 is 1.67 bits per heavy atom. The van der Waals surface area contributed by atoms with Crippen molar-refractivity contribution >= 4 is 5.91 Å². The summed E-state index contributed by atoms with van der Waals surface area (Å²) in [5.74, 6) is -0.355. The van der Waals surface area contributed by atoms with Crippen molar-refractivity contribution in [3.8, 4) is 0 Å². The topological polar surface area (TPSA) is 43.1 Å². The summed E-state index contributed by atoms with van der Waals surface area (Å²) >= 11 is 0. The molecule has 2 N–H and O–H groups in total. The van der Waals surface area contributed by atoms with Crippen LogP contribution in [0.3, 0.4) is 0 Å². The minimum Gasteiger partial charge on any atom is -0.366 e. The van der Waals surface area contributed by atoms with E-state index < -0.39 is 0 Å². The zero-order valence-corrected chi connectivity index (χ0v) is 5.76. The lowest BCUT2D eigenvalue weighted by Gasteiger charge is -1.85. The van der Waals surface area contributed by atoms with E-state index >= 15 is 0 Å². The second-order valence-corrected chi connectivity index (χ2v) is 1.95. The third-order valence-corrected chi connectivity index (χ3v) is 1.01. The second-order valence-electron chi connectivity index (χ2n) is 1.95. The van der Waals surface area contributed by atoms with Crippen LogP contribution in [0.1, 0.15) is 26.2 Å². The Labute approximate surface area is 55.7 Å². The van der Waals surface area contributed by atoms with Crippen LogP contribution >= 0.6 is 0 Å². The molecule has 2 nitrogen and oxygen atoms in total. The number of nitrogens with two attached hydrogens (primary N) is 1. The van der Waals surface area contributed by atoms with E-state index in [4.69, 9.17) is 5.73 Å². The Hall–Kier alpha value is -0.790. The highest BCUT2D eigenvalue weighted by molar-refractivity contribution is 5.85. The van der Waals surface area contributed by atoms with Crippen molar-refractivity contribution < 1.29 is 4.79 Å². The lowest BCUT2D eigenvalue weighted by Crippen LogP contribution is -2.05. The standard InChI is InChI=1S/C7H13NO/c1-2-3-4-5-6-7(8)9/h5-6H,2-4H2,1H3,(H2,8,9)/b6-5+. The molecule has 1 amide bonds. The van der Waals surface area contributed by atoms with Crippen LogP contribution in [0.15, 0.2) is 12.2 Å². The van der Waals surface area contributed by atoms with Gasteiger partial charge in [-0.3, -0.25) is 4.79 Å². The van der Waals surface area contributed by atoms with E-state index in [1.54, 1.807) is 0 Å². The first kappa shape index (κ1) is 8.21. The van der Waals surface area contributed by atoms with Crippen LogP contribution in [-0.4, -0.2) is 5.91 Å². The van der Waals surface area contributed by atoms with Crippen LogP contribution < -0.4 is 5.73 Å². The molecule has 9 heavy (non-hydrogen) atoms. The van der Waals surface area contributed by atoms with E-state index in [1.807, 2.05) is 6.08 Å². The fourth-order valence-corrected chi connectivity index (χ4v) is 0.521. The van der Waals surface area contributed by atoms with Gasteiger partial charge in [0.1, 0.15) is 0 Å². The lowest BCUT2D eigenvalue weighted by molar-refractivity contribution is -0.113. The SMILES string of the molecule is CCCC/C=C/C(N)=O. The smallest absolute Gasteiger partial charge is 0.241 e. The molecule has 2 heteroatoms. The Kier molecular flexibility index (Phi) is 4.88. The number of primary amides is 1.